The molecule has 0 aliphatic rings. The van der Waals surface area contributed by atoms with Crippen LogP contribution in [-0.4, -0.2) is 19.5 Å². The standard InChI is InChI=1S/C13H10N2O4S2/c1-8-2-3-9(6-14)4-11(8)15-21(18,19)12-5-10(7-20-12)13(16)17/h2-5,7,15H,1H3,(H,16,17). The first-order valence-corrected chi connectivity index (χ1v) is 8.05. The molecule has 1 heterocycles. The molecule has 108 valence electrons. The van der Waals surface area contributed by atoms with Gasteiger partial charge in [-0.3, -0.25) is 4.72 Å². The van der Waals surface area contributed by atoms with Crippen molar-refractivity contribution in [3.63, 3.8) is 0 Å². The number of aromatic carboxylic acids is 1. The molecule has 0 amide bonds. The number of sulfonamides is 1. The van der Waals surface area contributed by atoms with Gasteiger partial charge in [0.15, 0.2) is 0 Å². The number of nitrogens with zero attached hydrogens (tertiary/aromatic N) is 1. The molecular formula is C13H10N2O4S2. The minimum absolute atomic E-state index is 0.0807. The lowest BCUT2D eigenvalue weighted by Gasteiger charge is -2.09. The summed E-state index contributed by atoms with van der Waals surface area (Å²) in [5.41, 5.74) is 1.20. The first-order valence-electron chi connectivity index (χ1n) is 5.69. The number of hydrogen-bond acceptors (Lipinski definition) is 5. The Morgan fingerprint density at radius 2 is 2.10 bits per heavy atom. The Hall–Kier alpha value is -2.37. The molecule has 0 saturated carbocycles. The third-order valence-corrected chi connectivity index (χ3v) is 5.50. The van der Waals surface area contributed by atoms with E-state index in [9.17, 15) is 13.2 Å². The van der Waals surface area contributed by atoms with Gasteiger partial charge < -0.3 is 5.11 Å². The number of nitrogens with one attached hydrogen (secondary N) is 1. The van der Waals surface area contributed by atoms with Crippen LogP contribution >= 0.6 is 11.3 Å². The van der Waals surface area contributed by atoms with E-state index in [1.165, 1.54) is 11.4 Å². The molecule has 6 nitrogen and oxygen atoms in total. The Morgan fingerprint density at radius 1 is 1.38 bits per heavy atom. The maximum absolute atomic E-state index is 12.2. The van der Waals surface area contributed by atoms with Gasteiger partial charge in [0, 0.05) is 5.38 Å². The average molecular weight is 322 g/mol. The lowest BCUT2D eigenvalue weighted by atomic mass is 10.1. The average Bonchev–Trinajstić information content (AvgIpc) is 2.92. The number of thiophene rings is 1. The Bertz CT molecular complexity index is 847. The smallest absolute Gasteiger partial charge is 0.336 e. The highest BCUT2D eigenvalue weighted by Gasteiger charge is 2.19. The van der Waals surface area contributed by atoms with E-state index in [0.29, 0.717) is 16.8 Å². The van der Waals surface area contributed by atoms with E-state index in [4.69, 9.17) is 10.4 Å². The van der Waals surface area contributed by atoms with E-state index >= 15 is 0 Å². The number of anilines is 1. The third kappa shape index (κ3) is 3.21. The van der Waals surface area contributed by atoms with Gasteiger partial charge in [0.05, 0.1) is 22.9 Å². The van der Waals surface area contributed by atoms with Crippen molar-refractivity contribution in [1.29, 1.82) is 5.26 Å². The number of carbonyl (C=O) groups is 1. The number of rotatable bonds is 4. The summed E-state index contributed by atoms with van der Waals surface area (Å²) in [7, 11) is -3.88. The number of carboxylic acids is 1. The second-order valence-electron chi connectivity index (χ2n) is 4.21. The molecule has 0 aliphatic carbocycles. The molecule has 0 aliphatic heterocycles. The Kier molecular flexibility index (Phi) is 3.97. The summed E-state index contributed by atoms with van der Waals surface area (Å²) in [6.07, 6.45) is 0. The van der Waals surface area contributed by atoms with Crippen LogP contribution in [0.3, 0.4) is 0 Å². The van der Waals surface area contributed by atoms with Crippen molar-refractivity contribution in [2.45, 2.75) is 11.1 Å². The van der Waals surface area contributed by atoms with Gasteiger partial charge in [-0.05, 0) is 30.7 Å². The Morgan fingerprint density at radius 3 is 2.67 bits per heavy atom. The minimum atomic E-state index is -3.88. The first-order chi connectivity index (χ1) is 9.83. The second kappa shape index (κ2) is 5.55. The highest BCUT2D eigenvalue weighted by molar-refractivity contribution is 7.94. The first kappa shape index (κ1) is 15.0. The van der Waals surface area contributed by atoms with Crippen LogP contribution in [0.5, 0.6) is 0 Å². The molecule has 0 bridgehead atoms. The summed E-state index contributed by atoms with van der Waals surface area (Å²) in [6, 6.07) is 7.67. The zero-order valence-electron chi connectivity index (χ0n) is 10.8. The number of carboxylic acid groups (broad SMARTS) is 1. The quantitative estimate of drug-likeness (QED) is 0.899. The molecule has 1 aromatic carbocycles. The Labute approximate surface area is 125 Å². The van der Waals surface area contributed by atoms with Crippen molar-refractivity contribution in [3.05, 3.63) is 46.3 Å². The number of nitriles is 1. The predicted molar refractivity (Wildman–Crippen MR) is 78.0 cm³/mol. The fraction of sp³-hybridized carbons (Fsp3) is 0.0769. The molecule has 0 atom stereocenters. The monoisotopic (exact) mass is 322 g/mol. The van der Waals surface area contributed by atoms with Crippen LogP contribution in [0.25, 0.3) is 0 Å². The van der Waals surface area contributed by atoms with Gasteiger partial charge in [-0.15, -0.1) is 11.3 Å². The van der Waals surface area contributed by atoms with Crippen molar-refractivity contribution in [2.24, 2.45) is 0 Å². The normalized spacial score (nSPS) is 10.9. The topological polar surface area (TPSA) is 107 Å². The van der Waals surface area contributed by atoms with Crippen LogP contribution in [0.15, 0.2) is 33.9 Å². The molecule has 2 aromatic rings. The number of aryl methyl sites for hydroxylation is 1. The summed E-state index contributed by atoms with van der Waals surface area (Å²) in [6.45, 7) is 1.70. The molecule has 1 aromatic heterocycles. The number of benzene rings is 1. The second-order valence-corrected chi connectivity index (χ2v) is 7.03. The van der Waals surface area contributed by atoms with E-state index in [2.05, 4.69) is 4.72 Å². The van der Waals surface area contributed by atoms with Gasteiger partial charge in [0.1, 0.15) is 4.21 Å². The van der Waals surface area contributed by atoms with Gasteiger partial charge in [-0.1, -0.05) is 6.07 Å². The molecule has 21 heavy (non-hydrogen) atoms. The number of hydrogen-bond donors (Lipinski definition) is 2. The van der Waals surface area contributed by atoms with Gasteiger partial charge in [0.2, 0.25) is 0 Å². The van der Waals surface area contributed by atoms with Gasteiger partial charge >= 0.3 is 5.97 Å². The van der Waals surface area contributed by atoms with Gasteiger partial charge in [-0.25, -0.2) is 13.2 Å². The maximum atomic E-state index is 12.2. The molecule has 2 rings (SSSR count). The van der Waals surface area contributed by atoms with Crippen molar-refractivity contribution in [2.75, 3.05) is 4.72 Å². The molecule has 0 saturated heterocycles. The summed E-state index contributed by atoms with van der Waals surface area (Å²) >= 11 is 0.824. The lowest BCUT2D eigenvalue weighted by Crippen LogP contribution is -2.12. The largest absolute Gasteiger partial charge is 0.478 e. The SMILES string of the molecule is Cc1ccc(C#N)cc1NS(=O)(=O)c1cc(C(=O)O)cs1. The van der Waals surface area contributed by atoms with Crippen molar-refractivity contribution in [3.8, 4) is 6.07 Å². The van der Waals surface area contributed by atoms with E-state index in [0.717, 1.165) is 17.4 Å². The van der Waals surface area contributed by atoms with Crippen LogP contribution in [-0.2, 0) is 10.0 Å². The van der Waals surface area contributed by atoms with Gasteiger partial charge in [-0.2, -0.15) is 5.26 Å². The summed E-state index contributed by atoms with van der Waals surface area (Å²) < 4.78 is 26.7. The van der Waals surface area contributed by atoms with Crippen LogP contribution in [0.2, 0.25) is 0 Å². The Balaban J connectivity index is 2.37. The zero-order valence-corrected chi connectivity index (χ0v) is 12.5. The van der Waals surface area contributed by atoms with Crippen LogP contribution in [0, 0.1) is 18.3 Å². The van der Waals surface area contributed by atoms with Crippen molar-refractivity contribution >= 4 is 33.0 Å². The zero-order chi connectivity index (χ0) is 15.6. The van der Waals surface area contributed by atoms with Crippen LogP contribution in [0.1, 0.15) is 21.5 Å². The molecule has 2 N–H and O–H groups in total. The van der Waals surface area contributed by atoms with E-state index in [1.54, 1.807) is 19.1 Å². The molecule has 0 fully saturated rings. The predicted octanol–water partition coefficient (Wildman–Crippen LogP) is 2.43. The molecule has 0 unspecified atom stereocenters. The summed E-state index contributed by atoms with van der Waals surface area (Å²) in [4.78, 5) is 10.8. The van der Waals surface area contributed by atoms with Crippen LogP contribution < -0.4 is 4.72 Å². The fourth-order valence-electron chi connectivity index (χ4n) is 1.57. The van der Waals surface area contributed by atoms with Crippen LogP contribution in [0.4, 0.5) is 5.69 Å². The molecule has 8 heteroatoms. The lowest BCUT2D eigenvalue weighted by molar-refractivity contribution is 0.0697. The van der Waals surface area contributed by atoms with E-state index in [-0.39, 0.29) is 9.77 Å². The van der Waals surface area contributed by atoms with Gasteiger partial charge in [0.25, 0.3) is 10.0 Å². The van der Waals surface area contributed by atoms with E-state index in [1.807, 2.05) is 6.07 Å². The fourth-order valence-corrected chi connectivity index (χ4v) is 3.84. The molecule has 0 spiro atoms. The summed E-state index contributed by atoms with van der Waals surface area (Å²) in [5.74, 6) is -1.18. The summed E-state index contributed by atoms with van der Waals surface area (Å²) in [5, 5.41) is 18.9. The van der Waals surface area contributed by atoms with E-state index < -0.39 is 16.0 Å². The highest BCUT2D eigenvalue weighted by Crippen LogP contribution is 2.25. The minimum Gasteiger partial charge on any atom is -0.478 e. The maximum Gasteiger partial charge on any atom is 0.336 e. The van der Waals surface area contributed by atoms with Crippen molar-refractivity contribution in [1.82, 2.24) is 0 Å². The molecule has 0 radical (unpaired) electrons. The molecular weight excluding hydrogens is 312 g/mol. The van der Waals surface area contributed by atoms with Crippen molar-refractivity contribution < 1.29 is 18.3 Å². The third-order valence-electron chi connectivity index (χ3n) is 2.70. The highest BCUT2D eigenvalue weighted by atomic mass is 32.2.